The van der Waals surface area contributed by atoms with E-state index >= 15 is 0 Å². The van der Waals surface area contributed by atoms with E-state index in [1.807, 2.05) is 13.8 Å². The second-order valence-corrected chi connectivity index (χ2v) is 7.72. The van der Waals surface area contributed by atoms with Crippen LogP contribution in [-0.2, 0) is 0 Å². The van der Waals surface area contributed by atoms with Gasteiger partial charge in [-0.25, -0.2) is 9.37 Å². The standard InChI is InChI=1S/C20H17ClFN3O2S/c1-11(2)24-18(26)12-7-8-14(21)16(9-12)25-19(27)17-10-23-20(28-17)13-5-3-4-6-15(13)22/h3-11H,1-2H3,(H,24,26)(H,25,27). The monoisotopic (exact) mass is 417 g/mol. The second-order valence-electron chi connectivity index (χ2n) is 6.29. The number of carbonyl (C=O) groups excluding carboxylic acids is 2. The van der Waals surface area contributed by atoms with E-state index in [1.54, 1.807) is 30.3 Å². The van der Waals surface area contributed by atoms with Crippen molar-refractivity contribution in [2.75, 3.05) is 5.32 Å². The first-order valence-electron chi connectivity index (χ1n) is 8.47. The van der Waals surface area contributed by atoms with E-state index in [9.17, 15) is 14.0 Å². The predicted molar refractivity (Wildman–Crippen MR) is 110 cm³/mol. The molecule has 1 aromatic heterocycles. The van der Waals surface area contributed by atoms with Gasteiger partial charge in [0.2, 0.25) is 0 Å². The van der Waals surface area contributed by atoms with E-state index < -0.39 is 11.7 Å². The number of halogens is 2. The minimum atomic E-state index is -0.441. The zero-order valence-corrected chi connectivity index (χ0v) is 16.7. The topological polar surface area (TPSA) is 71.1 Å². The third kappa shape index (κ3) is 4.55. The van der Waals surface area contributed by atoms with Crippen molar-refractivity contribution in [3.8, 4) is 10.6 Å². The fraction of sp³-hybridized carbons (Fsp3) is 0.150. The minimum absolute atomic E-state index is 0.0183. The Bertz CT molecular complexity index is 1040. The molecule has 2 N–H and O–H groups in total. The van der Waals surface area contributed by atoms with Crippen LogP contribution in [0.5, 0.6) is 0 Å². The Morgan fingerprint density at radius 2 is 1.89 bits per heavy atom. The molecule has 0 bridgehead atoms. The summed E-state index contributed by atoms with van der Waals surface area (Å²) in [4.78, 5) is 29.1. The second kappa shape index (κ2) is 8.50. The molecule has 0 saturated carbocycles. The van der Waals surface area contributed by atoms with Crippen LogP contribution in [0.2, 0.25) is 5.02 Å². The molecule has 3 rings (SSSR count). The number of aromatic nitrogens is 1. The molecule has 3 aromatic rings. The van der Waals surface area contributed by atoms with Crippen molar-refractivity contribution in [1.29, 1.82) is 0 Å². The number of hydrogen-bond acceptors (Lipinski definition) is 4. The van der Waals surface area contributed by atoms with E-state index in [2.05, 4.69) is 15.6 Å². The summed E-state index contributed by atoms with van der Waals surface area (Å²) in [5.41, 5.74) is 1.02. The van der Waals surface area contributed by atoms with Crippen LogP contribution in [0, 0.1) is 5.82 Å². The molecule has 1 heterocycles. The van der Waals surface area contributed by atoms with Gasteiger partial charge in [0.15, 0.2) is 0 Å². The van der Waals surface area contributed by atoms with Gasteiger partial charge in [-0.15, -0.1) is 11.3 Å². The van der Waals surface area contributed by atoms with Crippen molar-refractivity contribution in [3.05, 3.63) is 69.9 Å². The molecule has 0 fully saturated rings. The molecular formula is C20H17ClFN3O2S. The molecule has 0 aliphatic carbocycles. The van der Waals surface area contributed by atoms with Crippen molar-refractivity contribution in [2.45, 2.75) is 19.9 Å². The van der Waals surface area contributed by atoms with Gasteiger partial charge < -0.3 is 10.6 Å². The van der Waals surface area contributed by atoms with E-state index in [4.69, 9.17) is 11.6 Å². The molecule has 0 aliphatic rings. The molecule has 2 amide bonds. The van der Waals surface area contributed by atoms with Gasteiger partial charge in [0, 0.05) is 17.2 Å². The van der Waals surface area contributed by atoms with Gasteiger partial charge in [0.25, 0.3) is 11.8 Å². The molecule has 144 valence electrons. The van der Waals surface area contributed by atoms with E-state index in [1.165, 1.54) is 18.3 Å². The average Bonchev–Trinajstić information content (AvgIpc) is 3.13. The zero-order chi connectivity index (χ0) is 20.3. The van der Waals surface area contributed by atoms with Crippen LogP contribution in [0.4, 0.5) is 10.1 Å². The fourth-order valence-corrected chi connectivity index (χ4v) is 3.43. The van der Waals surface area contributed by atoms with Gasteiger partial charge in [-0.1, -0.05) is 23.7 Å². The normalized spacial score (nSPS) is 10.8. The van der Waals surface area contributed by atoms with Crippen LogP contribution in [0.3, 0.4) is 0 Å². The lowest BCUT2D eigenvalue weighted by Crippen LogP contribution is -2.30. The predicted octanol–water partition coefficient (Wildman–Crippen LogP) is 4.99. The average molecular weight is 418 g/mol. The Kier molecular flexibility index (Phi) is 6.06. The highest BCUT2D eigenvalue weighted by atomic mass is 35.5. The Labute approximate surface area is 170 Å². The number of rotatable bonds is 5. The zero-order valence-electron chi connectivity index (χ0n) is 15.1. The summed E-state index contributed by atoms with van der Waals surface area (Å²) in [5, 5.41) is 6.16. The molecule has 28 heavy (non-hydrogen) atoms. The van der Waals surface area contributed by atoms with Crippen LogP contribution in [-0.4, -0.2) is 22.8 Å². The summed E-state index contributed by atoms with van der Waals surface area (Å²) in [7, 11) is 0. The van der Waals surface area contributed by atoms with E-state index in [0.717, 1.165) is 11.3 Å². The number of benzene rings is 2. The van der Waals surface area contributed by atoms with Crippen LogP contribution in [0.1, 0.15) is 33.9 Å². The van der Waals surface area contributed by atoms with Crippen LogP contribution < -0.4 is 10.6 Å². The molecule has 2 aromatic carbocycles. The third-order valence-electron chi connectivity index (χ3n) is 3.73. The van der Waals surface area contributed by atoms with Crippen molar-refractivity contribution in [2.24, 2.45) is 0 Å². The lowest BCUT2D eigenvalue weighted by Gasteiger charge is -2.11. The lowest BCUT2D eigenvalue weighted by atomic mass is 10.1. The quantitative estimate of drug-likeness (QED) is 0.614. The summed E-state index contributed by atoms with van der Waals surface area (Å²) >= 11 is 7.22. The molecular weight excluding hydrogens is 401 g/mol. The summed E-state index contributed by atoms with van der Waals surface area (Å²) in [5.74, 6) is -1.11. The van der Waals surface area contributed by atoms with E-state index in [-0.39, 0.29) is 11.9 Å². The summed E-state index contributed by atoms with van der Waals surface area (Å²) in [6.45, 7) is 3.71. The highest BCUT2D eigenvalue weighted by molar-refractivity contribution is 7.17. The van der Waals surface area contributed by atoms with Crippen molar-refractivity contribution in [3.63, 3.8) is 0 Å². The van der Waals surface area contributed by atoms with Gasteiger partial charge in [-0.05, 0) is 44.2 Å². The molecule has 0 saturated heterocycles. The molecule has 0 spiro atoms. The van der Waals surface area contributed by atoms with Crippen LogP contribution >= 0.6 is 22.9 Å². The van der Waals surface area contributed by atoms with Crippen LogP contribution in [0.15, 0.2) is 48.7 Å². The molecule has 5 nitrogen and oxygen atoms in total. The largest absolute Gasteiger partial charge is 0.350 e. The maximum atomic E-state index is 13.9. The summed E-state index contributed by atoms with van der Waals surface area (Å²) < 4.78 is 13.9. The van der Waals surface area contributed by atoms with Gasteiger partial charge in [0.1, 0.15) is 15.7 Å². The minimum Gasteiger partial charge on any atom is -0.350 e. The number of hydrogen-bond donors (Lipinski definition) is 2. The van der Waals surface area contributed by atoms with Crippen molar-refractivity contribution >= 4 is 40.4 Å². The Morgan fingerprint density at radius 3 is 2.61 bits per heavy atom. The van der Waals surface area contributed by atoms with Gasteiger partial charge in [-0.2, -0.15) is 0 Å². The Hall–Kier alpha value is -2.77. The summed E-state index contributed by atoms with van der Waals surface area (Å²) in [6.07, 6.45) is 1.38. The molecule has 0 aliphatic heterocycles. The van der Waals surface area contributed by atoms with Crippen LogP contribution in [0.25, 0.3) is 10.6 Å². The first kappa shape index (κ1) is 20.0. The lowest BCUT2D eigenvalue weighted by molar-refractivity contribution is 0.0942. The summed E-state index contributed by atoms with van der Waals surface area (Å²) in [6, 6.07) is 10.8. The number of thiazole rings is 1. The molecule has 0 atom stereocenters. The number of amides is 2. The highest BCUT2D eigenvalue weighted by Crippen LogP contribution is 2.29. The maximum Gasteiger partial charge on any atom is 0.267 e. The number of carbonyl (C=O) groups is 2. The number of nitrogens with one attached hydrogen (secondary N) is 2. The third-order valence-corrected chi connectivity index (χ3v) is 5.09. The van der Waals surface area contributed by atoms with Gasteiger partial charge in [-0.3, -0.25) is 9.59 Å². The number of anilines is 1. The SMILES string of the molecule is CC(C)NC(=O)c1ccc(Cl)c(NC(=O)c2cnc(-c3ccccc3F)s2)c1. The van der Waals surface area contributed by atoms with Gasteiger partial charge in [0.05, 0.1) is 16.9 Å². The Morgan fingerprint density at radius 1 is 1.14 bits per heavy atom. The molecule has 8 heteroatoms. The van der Waals surface area contributed by atoms with Crippen molar-refractivity contribution in [1.82, 2.24) is 10.3 Å². The van der Waals surface area contributed by atoms with Gasteiger partial charge >= 0.3 is 0 Å². The van der Waals surface area contributed by atoms with E-state index in [0.29, 0.717) is 31.7 Å². The van der Waals surface area contributed by atoms with Crippen molar-refractivity contribution < 1.29 is 14.0 Å². The maximum absolute atomic E-state index is 13.9. The molecule has 0 unspecified atom stereocenters. The number of nitrogens with zero attached hydrogens (tertiary/aromatic N) is 1. The molecule has 0 radical (unpaired) electrons. The fourth-order valence-electron chi connectivity index (χ4n) is 2.43. The first-order valence-corrected chi connectivity index (χ1v) is 9.67. The smallest absolute Gasteiger partial charge is 0.267 e. The first-order chi connectivity index (χ1) is 13.3. The Balaban J connectivity index is 1.80. The highest BCUT2D eigenvalue weighted by Gasteiger charge is 2.16.